The molecule has 0 aliphatic carbocycles. The van der Waals surface area contributed by atoms with E-state index in [1.165, 1.54) is 0 Å². The van der Waals surface area contributed by atoms with Crippen molar-refractivity contribution in [3.63, 3.8) is 0 Å². The van der Waals surface area contributed by atoms with E-state index >= 15 is 0 Å². The molecule has 0 atom stereocenters. The van der Waals surface area contributed by atoms with Crippen LogP contribution < -0.4 is 23.1 Å². The van der Waals surface area contributed by atoms with Crippen LogP contribution in [0.1, 0.15) is 50.7 Å². The maximum atomic E-state index is 2.47. The Hall–Kier alpha value is -1.89. The maximum absolute atomic E-state index is 2.47. The topological polar surface area (TPSA) is 0 Å². The van der Waals surface area contributed by atoms with Crippen LogP contribution in [0.25, 0.3) is 0 Å². The van der Waals surface area contributed by atoms with Gasteiger partial charge in [-0.2, -0.15) is 0 Å². The van der Waals surface area contributed by atoms with E-state index in [-0.39, 0.29) is 0 Å². The van der Waals surface area contributed by atoms with Crippen molar-refractivity contribution in [1.82, 2.24) is 0 Å². The molecule has 32 heavy (non-hydrogen) atoms. The van der Waals surface area contributed by atoms with Gasteiger partial charge in [0.05, 0.1) is 0 Å². The number of hydrogen-bond donors (Lipinski definition) is 0. The zero-order valence-electron chi connectivity index (χ0n) is 19.4. The molecule has 0 N–H and O–H groups in total. The van der Waals surface area contributed by atoms with Gasteiger partial charge in [-0.15, -0.1) is 0 Å². The predicted octanol–water partition coefficient (Wildman–Crippen LogP) is 5.35. The second-order valence-corrected chi connectivity index (χ2v) is 25.9. The van der Waals surface area contributed by atoms with E-state index in [1.807, 2.05) is 0 Å². The SMILES string of the molecule is CC(C)c1cccc(C(C)C)[c]1[Sn]1=[P](c2ccccc2)(c2ccccc2)c2cccc[c]21. The van der Waals surface area contributed by atoms with Gasteiger partial charge in [-0.3, -0.25) is 0 Å². The molecule has 0 aromatic heterocycles. The first-order valence-electron chi connectivity index (χ1n) is 11.7. The summed E-state index contributed by atoms with van der Waals surface area (Å²) in [5.41, 5.74) is 3.19. The van der Waals surface area contributed by atoms with Crippen LogP contribution in [0, 0.1) is 0 Å². The molecule has 0 spiro atoms. The first kappa shape index (κ1) is 21.9. The molecule has 0 radical (unpaired) electrons. The molecule has 0 amide bonds. The molecule has 0 bridgehead atoms. The normalized spacial score (nSPS) is 14.4. The van der Waals surface area contributed by atoms with Crippen molar-refractivity contribution in [1.29, 1.82) is 0 Å². The Balaban J connectivity index is 2.02. The number of rotatable bonds is 5. The van der Waals surface area contributed by atoms with Gasteiger partial charge in [-0.05, 0) is 0 Å². The first-order chi connectivity index (χ1) is 15.6. The summed E-state index contributed by atoms with van der Waals surface area (Å²) in [5.74, 6) is 1.08. The minimum atomic E-state index is -2.35. The zero-order valence-corrected chi connectivity index (χ0v) is 23.2. The Morgan fingerprint density at radius 1 is 0.531 bits per heavy atom. The fourth-order valence-electron chi connectivity index (χ4n) is 5.33. The zero-order chi connectivity index (χ0) is 22.3. The molecule has 1 heterocycles. The monoisotopic (exact) mass is 542 g/mol. The molecule has 5 rings (SSSR count). The van der Waals surface area contributed by atoms with Crippen molar-refractivity contribution in [3.8, 4) is 0 Å². The fourth-order valence-corrected chi connectivity index (χ4v) is 35.7. The van der Waals surface area contributed by atoms with Crippen LogP contribution in [-0.4, -0.2) is 18.7 Å². The van der Waals surface area contributed by atoms with Crippen LogP contribution in [0.5, 0.6) is 0 Å². The van der Waals surface area contributed by atoms with Gasteiger partial charge in [0.25, 0.3) is 0 Å². The molecule has 160 valence electrons. The summed E-state index contributed by atoms with van der Waals surface area (Å²) < 4.78 is 1.86. The number of fused-ring (bicyclic) bond motifs is 1. The van der Waals surface area contributed by atoms with Crippen LogP contribution in [0.4, 0.5) is 0 Å². The summed E-state index contributed by atoms with van der Waals surface area (Å²) >= 11 is -2.35. The molecule has 2 heteroatoms. The molecule has 4 aromatic carbocycles. The third kappa shape index (κ3) is 3.30. The molecule has 0 saturated carbocycles. The average molecular weight is 541 g/mol. The minimum absolute atomic E-state index is 0.540. The van der Waals surface area contributed by atoms with Crippen LogP contribution >= 0.6 is 4.45 Å². The molecular formula is C30H31PSn. The van der Waals surface area contributed by atoms with Crippen molar-refractivity contribution < 1.29 is 0 Å². The number of benzene rings is 4. The summed E-state index contributed by atoms with van der Waals surface area (Å²) in [7, 11) is 0. The summed E-state index contributed by atoms with van der Waals surface area (Å²) in [5, 5.41) is 4.79. The predicted molar refractivity (Wildman–Crippen MR) is 145 cm³/mol. The Kier molecular flexibility index (Phi) is 6.03. The van der Waals surface area contributed by atoms with Crippen molar-refractivity contribution in [2.45, 2.75) is 39.5 Å². The molecule has 0 saturated heterocycles. The van der Waals surface area contributed by atoms with Crippen LogP contribution in [0.2, 0.25) is 0 Å². The van der Waals surface area contributed by atoms with Crippen LogP contribution in [-0.2, 0) is 0 Å². The standard InChI is InChI=1S/C18H14P.C12H17.Sn/c1-4-10-16(11-5-1)19(17-12-6-2-7-13-17)18-14-8-3-9-15-18;1-9(2)11-6-5-7-12(8-11)10(3)4;/h1-14H;5-7,9-10H,1-4H3;. The van der Waals surface area contributed by atoms with Crippen molar-refractivity contribution in [2.24, 2.45) is 0 Å². The summed E-state index contributed by atoms with van der Waals surface area (Å²) in [4.78, 5) is 0. The van der Waals surface area contributed by atoms with Crippen molar-refractivity contribution in [2.75, 3.05) is 0 Å². The van der Waals surface area contributed by atoms with Gasteiger partial charge in [0, 0.05) is 0 Å². The third-order valence-corrected chi connectivity index (χ3v) is 32.3. The van der Waals surface area contributed by atoms with E-state index < -0.39 is 23.1 Å². The van der Waals surface area contributed by atoms with Crippen LogP contribution in [0.3, 0.4) is 0 Å². The summed E-state index contributed by atoms with van der Waals surface area (Å²) in [6.45, 7) is 9.51. The van der Waals surface area contributed by atoms with Crippen molar-refractivity contribution in [3.05, 3.63) is 114 Å². The fraction of sp³-hybridized carbons (Fsp3) is 0.200. The second kappa shape index (κ2) is 8.80. The first-order valence-corrected chi connectivity index (χ1v) is 20.1. The van der Waals surface area contributed by atoms with Gasteiger partial charge < -0.3 is 0 Å². The van der Waals surface area contributed by atoms with E-state index in [9.17, 15) is 0 Å². The molecule has 1 aliphatic heterocycles. The molecule has 0 fully saturated rings. The molecule has 4 aromatic rings. The van der Waals surface area contributed by atoms with Gasteiger partial charge in [-0.1, -0.05) is 0 Å². The molecule has 0 nitrogen and oxygen atoms in total. The third-order valence-electron chi connectivity index (χ3n) is 6.75. The van der Waals surface area contributed by atoms with Gasteiger partial charge in [-0.25, -0.2) is 0 Å². The Bertz CT molecular complexity index is 1250. The quantitative estimate of drug-likeness (QED) is 0.208. The summed E-state index contributed by atoms with van der Waals surface area (Å²) in [6.07, 6.45) is 0. The van der Waals surface area contributed by atoms with Gasteiger partial charge in [0.1, 0.15) is 0 Å². The average Bonchev–Trinajstić information content (AvgIpc) is 2.81. The second-order valence-electron chi connectivity index (χ2n) is 9.33. The number of hydrogen-bond acceptors (Lipinski definition) is 0. The van der Waals surface area contributed by atoms with E-state index in [2.05, 4.69) is 131 Å². The van der Waals surface area contributed by atoms with E-state index in [0.717, 1.165) is 0 Å². The Labute approximate surface area is 199 Å². The van der Waals surface area contributed by atoms with Gasteiger partial charge >= 0.3 is 200 Å². The Morgan fingerprint density at radius 2 is 1.00 bits per heavy atom. The van der Waals surface area contributed by atoms with Gasteiger partial charge in [0.2, 0.25) is 0 Å². The van der Waals surface area contributed by atoms with E-state index in [1.54, 1.807) is 34.2 Å². The van der Waals surface area contributed by atoms with Crippen LogP contribution in [0.15, 0.2) is 103 Å². The Morgan fingerprint density at radius 3 is 1.50 bits per heavy atom. The molecule has 0 unspecified atom stereocenters. The summed E-state index contributed by atoms with van der Waals surface area (Å²) in [6, 6.07) is 39.6. The van der Waals surface area contributed by atoms with E-state index in [4.69, 9.17) is 0 Å². The molecular weight excluding hydrogens is 510 g/mol. The van der Waals surface area contributed by atoms with Gasteiger partial charge in [0.15, 0.2) is 0 Å². The van der Waals surface area contributed by atoms with Crippen molar-refractivity contribution >= 4 is 46.2 Å². The van der Waals surface area contributed by atoms with E-state index in [0.29, 0.717) is 11.8 Å². The molecule has 1 aliphatic rings.